The first-order valence-electron chi connectivity index (χ1n) is 10.2. The fourth-order valence-corrected chi connectivity index (χ4v) is 4.49. The van der Waals surface area contributed by atoms with Gasteiger partial charge < -0.3 is 18.9 Å². The first-order valence-corrected chi connectivity index (χ1v) is 11.7. The zero-order valence-corrected chi connectivity index (χ0v) is 18.8. The number of ether oxygens (including phenoxy) is 4. The summed E-state index contributed by atoms with van der Waals surface area (Å²) in [6.45, 7) is 8.09. The predicted octanol–water partition coefficient (Wildman–Crippen LogP) is 4.20. The Morgan fingerprint density at radius 3 is 2.43 bits per heavy atom. The van der Waals surface area contributed by atoms with E-state index in [0.29, 0.717) is 6.61 Å². The molecule has 9 heteroatoms. The van der Waals surface area contributed by atoms with Crippen molar-refractivity contribution in [3.05, 3.63) is 48.0 Å². The van der Waals surface area contributed by atoms with Gasteiger partial charge in [-0.2, -0.15) is 0 Å². The highest BCUT2D eigenvalue weighted by molar-refractivity contribution is 7.48. The zero-order valence-electron chi connectivity index (χ0n) is 17.9. The minimum atomic E-state index is -3.56. The van der Waals surface area contributed by atoms with E-state index in [1.54, 1.807) is 26.0 Å². The van der Waals surface area contributed by atoms with Crippen LogP contribution in [-0.2, 0) is 43.7 Å². The molecule has 2 saturated heterocycles. The molecule has 2 heterocycles. The molecule has 2 fully saturated rings. The van der Waals surface area contributed by atoms with Crippen LogP contribution in [0, 0.1) is 0 Å². The van der Waals surface area contributed by atoms with E-state index in [2.05, 4.69) is 0 Å². The van der Waals surface area contributed by atoms with Gasteiger partial charge in [-0.05, 0) is 33.3 Å². The molecule has 0 unspecified atom stereocenters. The van der Waals surface area contributed by atoms with Gasteiger partial charge in [0.2, 0.25) is 0 Å². The zero-order chi connectivity index (χ0) is 21.6. The molecule has 0 saturated carbocycles. The summed E-state index contributed by atoms with van der Waals surface area (Å²) in [6, 6.07) is 9.90. The Morgan fingerprint density at radius 2 is 1.77 bits per heavy atom. The molecule has 0 amide bonds. The summed E-state index contributed by atoms with van der Waals surface area (Å²) in [4.78, 5) is 0. The van der Waals surface area contributed by atoms with Gasteiger partial charge in [0.05, 0.1) is 26.4 Å². The van der Waals surface area contributed by atoms with E-state index in [4.69, 9.17) is 32.5 Å². The molecule has 0 aliphatic carbocycles. The summed E-state index contributed by atoms with van der Waals surface area (Å²) in [6.07, 6.45) is 1.88. The molecule has 2 aliphatic rings. The monoisotopic (exact) mass is 442 g/mol. The lowest BCUT2D eigenvalue weighted by atomic mass is 10.1. The fraction of sp³-hybridized carbons (Fsp3) is 0.619. The minimum Gasteiger partial charge on any atom is -0.368 e. The average molecular weight is 442 g/mol. The highest BCUT2D eigenvalue weighted by Gasteiger charge is 2.54. The molecule has 4 atom stereocenters. The van der Waals surface area contributed by atoms with E-state index in [-0.39, 0.29) is 32.0 Å². The molecule has 0 N–H and O–H groups in total. The maximum absolute atomic E-state index is 12.4. The van der Waals surface area contributed by atoms with E-state index in [0.717, 1.165) is 5.56 Å². The quantitative estimate of drug-likeness (QED) is 0.373. The molecule has 30 heavy (non-hydrogen) atoms. The van der Waals surface area contributed by atoms with Crippen LogP contribution in [0.1, 0.15) is 33.3 Å². The van der Waals surface area contributed by atoms with Crippen molar-refractivity contribution in [3.8, 4) is 0 Å². The van der Waals surface area contributed by atoms with Gasteiger partial charge >= 0.3 is 7.82 Å². The second-order valence-corrected chi connectivity index (χ2v) is 9.01. The number of fused-ring (bicyclic) bond motifs is 1. The molecule has 1 aromatic rings. The summed E-state index contributed by atoms with van der Waals surface area (Å²) in [5.74, 6) is -0.733. The van der Waals surface area contributed by atoms with Crippen LogP contribution in [0.3, 0.4) is 0 Å². The van der Waals surface area contributed by atoms with Gasteiger partial charge in [0.15, 0.2) is 12.1 Å². The van der Waals surface area contributed by atoms with Crippen LogP contribution in [0.25, 0.3) is 0 Å². The SMILES string of the molecule is CCOP(=O)(OCC)OC/C=C\[C@H]1O[C@@H]2OC(C)(C)O[C@@H]2[C@H]1OCc1ccccc1. The average Bonchev–Trinajstić information content (AvgIpc) is 3.16. The number of rotatable bonds is 11. The second-order valence-electron chi connectivity index (χ2n) is 7.34. The summed E-state index contributed by atoms with van der Waals surface area (Å²) in [5, 5.41) is 0. The molecule has 0 spiro atoms. The highest BCUT2D eigenvalue weighted by Crippen LogP contribution is 2.49. The number of phosphoric acid groups is 1. The first kappa shape index (κ1) is 23.6. The Bertz CT molecular complexity index is 728. The standard InChI is InChI=1S/C21H31O8P/c1-5-24-30(22,25-6-2)26-14-10-13-17-18(23-15-16-11-8-7-9-12-16)19-20(27-17)29-21(3,4)28-19/h7-13,17-20H,5-6,14-15H2,1-4H3/b13-10-/t17-,18+,19-,20-/m1/s1. The van der Waals surface area contributed by atoms with Gasteiger partial charge in [-0.3, -0.25) is 13.6 Å². The van der Waals surface area contributed by atoms with Crippen LogP contribution >= 0.6 is 7.82 Å². The molecule has 0 bridgehead atoms. The third-order valence-electron chi connectivity index (χ3n) is 4.54. The Balaban J connectivity index is 1.61. The van der Waals surface area contributed by atoms with Crippen LogP contribution in [0.4, 0.5) is 0 Å². The third-order valence-corrected chi connectivity index (χ3v) is 6.16. The minimum absolute atomic E-state index is 0.0467. The second kappa shape index (κ2) is 10.5. The van der Waals surface area contributed by atoms with Crippen molar-refractivity contribution in [2.24, 2.45) is 0 Å². The van der Waals surface area contributed by atoms with Crippen molar-refractivity contribution in [2.75, 3.05) is 19.8 Å². The molecule has 1 aromatic carbocycles. The molecule has 0 aromatic heterocycles. The third kappa shape index (κ3) is 6.22. The molecule has 0 radical (unpaired) electrons. The lowest BCUT2D eigenvalue weighted by Gasteiger charge is -2.24. The normalized spacial score (nSPS) is 28.3. The van der Waals surface area contributed by atoms with E-state index < -0.39 is 26.0 Å². The van der Waals surface area contributed by atoms with Gasteiger partial charge in [-0.25, -0.2) is 4.57 Å². The topological polar surface area (TPSA) is 81.7 Å². The molecule has 2 aliphatic heterocycles. The summed E-state index contributed by atoms with van der Waals surface area (Å²) in [7, 11) is -3.56. The van der Waals surface area contributed by atoms with Crippen LogP contribution in [0.2, 0.25) is 0 Å². The fourth-order valence-electron chi connectivity index (χ4n) is 3.37. The smallest absolute Gasteiger partial charge is 0.368 e. The van der Waals surface area contributed by atoms with Gasteiger partial charge in [0.1, 0.15) is 18.3 Å². The lowest BCUT2D eigenvalue weighted by molar-refractivity contribution is -0.213. The lowest BCUT2D eigenvalue weighted by Crippen LogP contribution is -2.36. The van der Waals surface area contributed by atoms with Crippen molar-refractivity contribution < 1.29 is 37.1 Å². The maximum Gasteiger partial charge on any atom is 0.475 e. The van der Waals surface area contributed by atoms with Gasteiger partial charge in [0.25, 0.3) is 0 Å². The summed E-state index contributed by atoms with van der Waals surface area (Å²) in [5.41, 5.74) is 1.06. The number of phosphoric ester groups is 1. The Kier molecular flexibility index (Phi) is 8.24. The van der Waals surface area contributed by atoms with Crippen molar-refractivity contribution >= 4 is 7.82 Å². The van der Waals surface area contributed by atoms with Gasteiger partial charge in [-0.15, -0.1) is 0 Å². The molecule has 168 valence electrons. The van der Waals surface area contributed by atoms with E-state index >= 15 is 0 Å². The van der Waals surface area contributed by atoms with Gasteiger partial charge in [-0.1, -0.05) is 42.5 Å². The molecule has 3 rings (SSSR count). The van der Waals surface area contributed by atoms with Crippen molar-refractivity contribution in [3.63, 3.8) is 0 Å². The number of hydrogen-bond acceptors (Lipinski definition) is 8. The molecular weight excluding hydrogens is 411 g/mol. The van der Waals surface area contributed by atoms with Crippen molar-refractivity contribution in [1.82, 2.24) is 0 Å². The summed E-state index contributed by atoms with van der Waals surface area (Å²) < 4.78 is 51.9. The van der Waals surface area contributed by atoms with Gasteiger partial charge in [0, 0.05) is 0 Å². The van der Waals surface area contributed by atoms with E-state index in [9.17, 15) is 4.57 Å². The van der Waals surface area contributed by atoms with Crippen molar-refractivity contribution in [2.45, 2.75) is 64.7 Å². The Labute approximate surface area is 178 Å². The largest absolute Gasteiger partial charge is 0.475 e. The van der Waals surface area contributed by atoms with Crippen LogP contribution in [-0.4, -0.2) is 50.2 Å². The Morgan fingerprint density at radius 1 is 1.07 bits per heavy atom. The van der Waals surface area contributed by atoms with E-state index in [1.807, 2.05) is 44.2 Å². The highest BCUT2D eigenvalue weighted by atomic mass is 31.2. The maximum atomic E-state index is 12.4. The first-order chi connectivity index (χ1) is 14.4. The van der Waals surface area contributed by atoms with Crippen LogP contribution in [0.15, 0.2) is 42.5 Å². The molecule has 8 nitrogen and oxygen atoms in total. The van der Waals surface area contributed by atoms with E-state index in [1.165, 1.54) is 0 Å². The Hall–Kier alpha value is -1.09. The van der Waals surface area contributed by atoms with Crippen LogP contribution in [0.5, 0.6) is 0 Å². The number of hydrogen-bond donors (Lipinski definition) is 0. The van der Waals surface area contributed by atoms with Crippen LogP contribution < -0.4 is 0 Å². The molecular formula is C21H31O8P. The predicted molar refractivity (Wildman–Crippen MR) is 110 cm³/mol. The summed E-state index contributed by atoms with van der Waals surface area (Å²) >= 11 is 0. The van der Waals surface area contributed by atoms with Crippen molar-refractivity contribution in [1.29, 1.82) is 0 Å². The number of benzene rings is 1.